The zero-order chi connectivity index (χ0) is 22.4. The van der Waals surface area contributed by atoms with Crippen molar-refractivity contribution in [2.75, 3.05) is 6.61 Å². The minimum absolute atomic E-state index is 0.0352. The lowest BCUT2D eigenvalue weighted by Crippen LogP contribution is -2.75. The average molecular weight is 457 g/mol. The summed E-state index contributed by atoms with van der Waals surface area (Å²) in [7, 11) is 0. The predicted molar refractivity (Wildman–Crippen MR) is 102 cm³/mol. The number of hydrogen-bond acceptors (Lipinski definition) is 4. The highest BCUT2D eigenvalue weighted by Gasteiger charge is 2.68. The van der Waals surface area contributed by atoms with Crippen LogP contribution < -0.4 is 10.1 Å². The Bertz CT molecular complexity index is 1020. The first-order valence-corrected chi connectivity index (χ1v) is 9.83. The lowest BCUT2D eigenvalue weighted by Gasteiger charge is -2.70. The van der Waals surface area contributed by atoms with Crippen molar-refractivity contribution in [1.29, 1.82) is 0 Å². The molecule has 1 amide bonds. The van der Waals surface area contributed by atoms with E-state index in [9.17, 15) is 27.2 Å². The van der Waals surface area contributed by atoms with Crippen LogP contribution in [0.15, 0.2) is 36.5 Å². The zero-order valence-corrected chi connectivity index (χ0v) is 16.8. The first-order valence-electron chi connectivity index (χ1n) is 9.45. The van der Waals surface area contributed by atoms with Crippen LogP contribution in [0.3, 0.4) is 0 Å². The third kappa shape index (κ3) is 4.37. The van der Waals surface area contributed by atoms with E-state index in [-0.39, 0.29) is 40.6 Å². The quantitative estimate of drug-likeness (QED) is 0.619. The van der Waals surface area contributed by atoms with Gasteiger partial charge in [-0.05, 0) is 48.9 Å². The molecule has 164 valence electrons. The fourth-order valence-corrected chi connectivity index (χ4v) is 4.64. The molecule has 0 saturated heterocycles. The van der Waals surface area contributed by atoms with E-state index in [1.807, 2.05) is 0 Å². The number of benzene rings is 1. The minimum atomic E-state index is -4.56. The van der Waals surface area contributed by atoms with Crippen molar-refractivity contribution in [2.45, 2.75) is 37.4 Å². The summed E-state index contributed by atoms with van der Waals surface area (Å²) in [6, 6.07) is 5.78. The van der Waals surface area contributed by atoms with Crippen LogP contribution >= 0.6 is 11.6 Å². The lowest BCUT2D eigenvalue weighted by molar-refractivity contribution is -0.162. The molecule has 1 N–H and O–H groups in total. The third-order valence-corrected chi connectivity index (χ3v) is 6.00. The molecule has 3 saturated carbocycles. The van der Waals surface area contributed by atoms with Crippen molar-refractivity contribution >= 4 is 23.3 Å². The number of nitrogens with one attached hydrogen (secondary N) is 1. The van der Waals surface area contributed by atoms with Crippen LogP contribution in [0.1, 0.15) is 41.7 Å². The van der Waals surface area contributed by atoms with Crippen LogP contribution in [-0.2, 0) is 11.0 Å². The largest absolute Gasteiger partial charge is 0.486 e. The van der Waals surface area contributed by atoms with Crippen LogP contribution in [-0.4, -0.2) is 28.8 Å². The van der Waals surface area contributed by atoms with E-state index < -0.39 is 29.1 Å². The van der Waals surface area contributed by atoms with E-state index in [2.05, 4.69) is 10.3 Å². The number of aromatic nitrogens is 1. The molecule has 0 spiro atoms. The Morgan fingerprint density at radius 1 is 1.16 bits per heavy atom. The summed E-state index contributed by atoms with van der Waals surface area (Å²) in [4.78, 5) is 27.8. The van der Waals surface area contributed by atoms with Gasteiger partial charge in [0.25, 0.3) is 5.91 Å². The number of pyridine rings is 1. The van der Waals surface area contributed by atoms with E-state index in [4.69, 9.17) is 16.3 Å². The molecule has 1 aromatic heterocycles. The first kappa shape index (κ1) is 21.5. The Hall–Kier alpha value is -2.68. The van der Waals surface area contributed by atoms with E-state index in [1.54, 1.807) is 0 Å². The second kappa shape index (κ2) is 7.47. The van der Waals surface area contributed by atoms with Gasteiger partial charge < -0.3 is 10.1 Å². The molecule has 3 aliphatic rings. The van der Waals surface area contributed by atoms with Crippen LogP contribution in [0.2, 0.25) is 5.02 Å². The molecule has 3 fully saturated rings. The third-order valence-electron chi connectivity index (χ3n) is 5.70. The summed E-state index contributed by atoms with van der Waals surface area (Å²) in [5.41, 5.74) is -1.64. The molecular formula is C21H17ClF4N2O3. The molecule has 5 nitrogen and oxygen atoms in total. The van der Waals surface area contributed by atoms with Crippen molar-refractivity contribution < 1.29 is 31.9 Å². The van der Waals surface area contributed by atoms with Crippen LogP contribution in [0, 0.1) is 11.2 Å². The Kier molecular flexibility index (Phi) is 5.20. The Morgan fingerprint density at radius 2 is 1.87 bits per heavy atom. The number of carbonyl (C=O) groups is 2. The van der Waals surface area contributed by atoms with Gasteiger partial charge in [-0.1, -0.05) is 11.6 Å². The second-order valence-corrected chi connectivity index (χ2v) is 8.68. The minimum Gasteiger partial charge on any atom is -0.486 e. The highest BCUT2D eigenvalue weighted by molar-refractivity contribution is 6.30. The van der Waals surface area contributed by atoms with Crippen LogP contribution in [0.25, 0.3) is 0 Å². The van der Waals surface area contributed by atoms with E-state index in [0.29, 0.717) is 19.3 Å². The van der Waals surface area contributed by atoms with Crippen LogP contribution in [0.5, 0.6) is 5.75 Å². The molecule has 0 radical (unpaired) electrons. The number of nitrogens with zero attached hydrogens (tertiary/aromatic N) is 1. The number of Topliss-reactive ketones (excluding diaryl/α,β-unsaturated/α-hetero) is 1. The molecule has 5 rings (SSSR count). The number of ether oxygens (including phenoxy) is 1. The topological polar surface area (TPSA) is 68.3 Å². The van der Waals surface area contributed by atoms with Crippen molar-refractivity contribution in [3.8, 4) is 5.75 Å². The molecule has 1 heterocycles. The number of rotatable bonds is 7. The van der Waals surface area contributed by atoms with E-state index in [1.165, 1.54) is 12.1 Å². The van der Waals surface area contributed by atoms with Gasteiger partial charge in [0.15, 0.2) is 5.78 Å². The molecule has 3 aliphatic carbocycles. The van der Waals surface area contributed by atoms with Gasteiger partial charge >= 0.3 is 6.18 Å². The molecule has 10 heteroatoms. The van der Waals surface area contributed by atoms with Gasteiger partial charge in [0, 0.05) is 24.2 Å². The van der Waals surface area contributed by atoms with Crippen molar-refractivity contribution in [3.05, 3.63) is 58.6 Å². The van der Waals surface area contributed by atoms with Gasteiger partial charge in [0.2, 0.25) is 0 Å². The fourth-order valence-electron chi connectivity index (χ4n) is 4.53. The van der Waals surface area contributed by atoms with Crippen molar-refractivity contribution in [1.82, 2.24) is 10.3 Å². The Balaban J connectivity index is 1.24. The molecule has 2 aromatic rings. The molecule has 1 aromatic carbocycles. The summed E-state index contributed by atoms with van der Waals surface area (Å²) in [6.45, 7) is -0.195. The number of ketones is 1. The van der Waals surface area contributed by atoms with Crippen molar-refractivity contribution in [3.63, 3.8) is 0 Å². The average Bonchev–Trinajstić information content (AvgIpc) is 2.65. The van der Waals surface area contributed by atoms with E-state index in [0.717, 1.165) is 24.4 Å². The predicted octanol–water partition coefficient (Wildman–Crippen LogP) is 4.58. The number of carbonyl (C=O) groups excluding carboxylic acids is 2. The monoisotopic (exact) mass is 456 g/mol. The Morgan fingerprint density at radius 3 is 2.45 bits per heavy atom. The molecule has 2 bridgehead atoms. The van der Waals surface area contributed by atoms with Gasteiger partial charge in [-0.3, -0.25) is 14.6 Å². The molecule has 0 aliphatic heterocycles. The van der Waals surface area contributed by atoms with Gasteiger partial charge in [-0.2, -0.15) is 13.2 Å². The maximum Gasteiger partial charge on any atom is 0.433 e. The van der Waals surface area contributed by atoms with Crippen molar-refractivity contribution in [2.24, 2.45) is 5.41 Å². The first-order chi connectivity index (χ1) is 14.5. The van der Waals surface area contributed by atoms with Gasteiger partial charge in [-0.15, -0.1) is 0 Å². The number of halogens is 5. The number of alkyl halides is 3. The standard InChI is InChI=1S/C21H17ClF4N2O3/c22-15-3-2-14(5-16(15)23)31-8-13(29)6-19-9-20(10-19,11-19)28-18(30)12-1-4-17(27-7-12)21(24,25)26/h1-5,7H,6,8-11H2,(H,28,30). The highest BCUT2D eigenvalue weighted by atomic mass is 35.5. The molecule has 31 heavy (non-hydrogen) atoms. The molecular weight excluding hydrogens is 440 g/mol. The fraction of sp³-hybridized carbons (Fsp3) is 0.381. The highest BCUT2D eigenvalue weighted by Crippen LogP contribution is 2.69. The smallest absolute Gasteiger partial charge is 0.433 e. The van der Waals surface area contributed by atoms with Crippen LogP contribution in [0.4, 0.5) is 17.6 Å². The second-order valence-electron chi connectivity index (χ2n) is 8.27. The SMILES string of the molecule is O=C(COc1ccc(Cl)c(F)c1)CC12CC(NC(=O)c3ccc(C(F)(F)F)nc3)(C1)C2. The summed E-state index contributed by atoms with van der Waals surface area (Å²) in [5, 5.41) is 2.81. The lowest BCUT2D eigenvalue weighted by atomic mass is 9.38. The molecule has 0 atom stereocenters. The normalized spacial score (nSPS) is 24.0. The summed E-state index contributed by atoms with van der Waals surface area (Å²) in [5.74, 6) is -1.05. The maximum atomic E-state index is 13.4. The summed E-state index contributed by atoms with van der Waals surface area (Å²) < 4.78 is 56.4. The Labute approximate surface area is 179 Å². The molecule has 0 unspecified atom stereocenters. The van der Waals surface area contributed by atoms with Gasteiger partial charge in [-0.25, -0.2) is 4.39 Å². The zero-order valence-electron chi connectivity index (χ0n) is 16.1. The maximum absolute atomic E-state index is 13.4. The van der Waals surface area contributed by atoms with E-state index >= 15 is 0 Å². The van der Waals surface area contributed by atoms with Gasteiger partial charge in [0.05, 0.1) is 10.6 Å². The summed E-state index contributed by atoms with van der Waals surface area (Å²) in [6.07, 6.45) is -1.54. The van der Waals surface area contributed by atoms with Gasteiger partial charge in [0.1, 0.15) is 23.9 Å². The number of hydrogen-bond donors (Lipinski definition) is 1. The summed E-state index contributed by atoms with van der Waals surface area (Å²) >= 11 is 5.60. The number of amides is 1.